The third-order valence-corrected chi connectivity index (χ3v) is 5.33. The molecule has 0 bridgehead atoms. The Kier molecular flexibility index (Phi) is 4.18. The summed E-state index contributed by atoms with van der Waals surface area (Å²) in [6, 6.07) is 12.8. The van der Waals surface area contributed by atoms with Gasteiger partial charge in [-0.1, -0.05) is 41.4 Å². The summed E-state index contributed by atoms with van der Waals surface area (Å²) in [5.74, 6) is -0.688. The molecule has 128 valence electrons. The van der Waals surface area contributed by atoms with E-state index in [2.05, 4.69) is 5.32 Å². The molecule has 4 nitrogen and oxygen atoms in total. The van der Waals surface area contributed by atoms with Gasteiger partial charge in [0.2, 0.25) is 11.8 Å². The second-order valence-electron chi connectivity index (χ2n) is 6.43. The molecule has 4 rings (SSSR count). The summed E-state index contributed by atoms with van der Waals surface area (Å²) in [7, 11) is 0. The van der Waals surface area contributed by atoms with Gasteiger partial charge in [-0.2, -0.15) is 0 Å². The summed E-state index contributed by atoms with van der Waals surface area (Å²) < 4.78 is 0. The third kappa shape index (κ3) is 3.12. The van der Waals surface area contributed by atoms with Crippen LogP contribution >= 0.6 is 23.2 Å². The molecular weight excluding hydrogens is 359 g/mol. The van der Waals surface area contributed by atoms with Crippen molar-refractivity contribution in [3.63, 3.8) is 0 Å². The minimum atomic E-state index is -0.299. The minimum absolute atomic E-state index is 0.0345. The van der Waals surface area contributed by atoms with Crippen molar-refractivity contribution in [2.75, 3.05) is 16.8 Å². The first kappa shape index (κ1) is 16.4. The van der Waals surface area contributed by atoms with E-state index in [-0.39, 0.29) is 23.7 Å². The van der Waals surface area contributed by atoms with E-state index in [1.807, 2.05) is 29.2 Å². The Morgan fingerprint density at radius 2 is 1.88 bits per heavy atom. The predicted octanol–water partition coefficient (Wildman–Crippen LogP) is 4.16. The largest absolute Gasteiger partial charge is 0.325 e. The van der Waals surface area contributed by atoms with E-state index in [1.54, 1.807) is 18.2 Å². The van der Waals surface area contributed by atoms with Crippen molar-refractivity contribution >= 4 is 46.4 Å². The Labute approximate surface area is 155 Å². The number of hydrogen-bond acceptors (Lipinski definition) is 2. The SMILES string of the molecule is O=C(Nc1ccc(Cl)cc1Cl)C1CC1C(=O)N1CCc2ccccc21. The number of fused-ring (bicyclic) bond motifs is 1. The molecule has 0 saturated heterocycles. The fourth-order valence-corrected chi connectivity index (χ4v) is 3.80. The lowest BCUT2D eigenvalue weighted by Gasteiger charge is -2.17. The molecule has 2 atom stereocenters. The van der Waals surface area contributed by atoms with Crippen LogP contribution in [0, 0.1) is 11.8 Å². The highest BCUT2D eigenvalue weighted by Crippen LogP contribution is 2.43. The van der Waals surface area contributed by atoms with E-state index in [0.717, 1.165) is 12.1 Å². The fraction of sp³-hybridized carbons (Fsp3) is 0.263. The number of rotatable bonds is 3. The first-order chi connectivity index (χ1) is 12.0. The van der Waals surface area contributed by atoms with Gasteiger partial charge in [0.05, 0.1) is 22.5 Å². The van der Waals surface area contributed by atoms with Gasteiger partial charge in [-0.05, 0) is 42.7 Å². The van der Waals surface area contributed by atoms with Gasteiger partial charge in [0.1, 0.15) is 0 Å². The standard InChI is InChI=1S/C19H16Cl2N2O2/c20-12-5-6-16(15(21)9-12)22-18(24)13-10-14(13)19(25)23-8-7-11-3-1-2-4-17(11)23/h1-6,9,13-14H,7-8,10H2,(H,22,24). The molecule has 1 heterocycles. The molecule has 0 radical (unpaired) electrons. The Morgan fingerprint density at radius 1 is 1.08 bits per heavy atom. The van der Waals surface area contributed by atoms with Crippen molar-refractivity contribution in [1.82, 2.24) is 0 Å². The lowest BCUT2D eigenvalue weighted by molar-refractivity contribution is -0.123. The number of carbonyl (C=O) groups is 2. The monoisotopic (exact) mass is 374 g/mol. The highest BCUT2D eigenvalue weighted by molar-refractivity contribution is 6.36. The number of nitrogens with one attached hydrogen (secondary N) is 1. The van der Waals surface area contributed by atoms with Crippen LogP contribution in [0.1, 0.15) is 12.0 Å². The number of hydrogen-bond donors (Lipinski definition) is 1. The van der Waals surface area contributed by atoms with Crippen molar-refractivity contribution in [1.29, 1.82) is 0 Å². The van der Waals surface area contributed by atoms with E-state index in [1.165, 1.54) is 5.56 Å². The average molecular weight is 375 g/mol. The van der Waals surface area contributed by atoms with Crippen molar-refractivity contribution in [3.8, 4) is 0 Å². The number of amides is 2. The van der Waals surface area contributed by atoms with Crippen LogP contribution in [-0.4, -0.2) is 18.4 Å². The smallest absolute Gasteiger partial charge is 0.230 e. The molecule has 25 heavy (non-hydrogen) atoms. The van der Waals surface area contributed by atoms with Crippen LogP contribution in [0.4, 0.5) is 11.4 Å². The zero-order chi connectivity index (χ0) is 17.6. The molecule has 2 unspecified atom stereocenters. The normalized spacial score (nSPS) is 21.0. The molecule has 2 aromatic rings. The lowest BCUT2D eigenvalue weighted by Crippen LogP contribution is -2.32. The lowest BCUT2D eigenvalue weighted by atomic mass is 10.2. The molecule has 2 aromatic carbocycles. The zero-order valence-electron chi connectivity index (χ0n) is 13.3. The Bertz CT molecular complexity index is 868. The summed E-state index contributed by atoms with van der Waals surface area (Å²) >= 11 is 11.9. The number of benzene rings is 2. The van der Waals surface area contributed by atoms with Gasteiger partial charge in [-0.15, -0.1) is 0 Å². The van der Waals surface area contributed by atoms with Crippen LogP contribution < -0.4 is 10.2 Å². The summed E-state index contributed by atoms with van der Waals surface area (Å²) in [5.41, 5.74) is 2.67. The predicted molar refractivity (Wildman–Crippen MR) is 99.2 cm³/mol. The van der Waals surface area contributed by atoms with Gasteiger partial charge in [-0.3, -0.25) is 9.59 Å². The zero-order valence-corrected chi connectivity index (χ0v) is 14.8. The Balaban J connectivity index is 1.42. The Hall–Kier alpha value is -2.04. The molecule has 6 heteroatoms. The summed E-state index contributed by atoms with van der Waals surface area (Å²) in [4.78, 5) is 27.0. The number of anilines is 2. The molecule has 0 aromatic heterocycles. The second-order valence-corrected chi connectivity index (χ2v) is 7.27. The van der Waals surface area contributed by atoms with Crippen LogP contribution in [0.3, 0.4) is 0 Å². The highest BCUT2D eigenvalue weighted by atomic mass is 35.5. The average Bonchev–Trinajstić information content (AvgIpc) is 3.29. The molecular formula is C19H16Cl2N2O2. The van der Waals surface area contributed by atoms with E-state index in [0.29, 0.717) is 28.7 Å². The first-order valence-corrected chi connectivity index (χ1v) is 8.95. The van der Waals surface area contributed by atoms with E-state index >= 15 is 0 Å². The maximum atomic E-state index is 12.8. The number of halogens is 2. The quantitative estimate of drug-likeness (QED) is 0.876. The number of para-hydroxylation sites is 1. The highest BCUT2D eigenvalue weighted by Gasteiger charge is 2.50. The Morgan fingerprint density at radius 3 is 2.68 bits per heavy atom. The van der Waals surface area contributed by atoms with Crippen LogP contribution in [-0.2, 0) is 16.0 Å². The van der Waals surface area contributed by atoms with Crippen molar-refractivity contribution in [2.24, 2.45) is 11.8 Å². The van der Waals surface area contributed by atoms with E-state index in [4.69, 9.17) is 23.2 Å². The van der Waals surface area contributed by atoms with Gasteiger partial charge >= 0.3 is 0 Å². The molecule has 2 amide bonds. The summed E-state index contributed by atoms with van der Waals surface area (Å²) in [6.45, 7) is 0.687. The number of nitrogens with zero attached hydrogens (tertiary/aromatic N) is 1. The summed E-state index contributed by atoms with van der Waals surface area (Å²) in [5, 5.41) is 3.69. The fourth-order valence-electron chi connectivity index (χ4n) is 3.34. The molecule has 1 aliphatic carbocycles. The maximum Gasteiger partial charge on any atom is 0.230 e. The molecule has 1 fully saturated rings. The maximum absolute atomic E-state index is 12.8. The van der Waals surface area contributed by atoms with E-state index in [9.17, 15) is 9.59 Å². The summed E-state index contributed by atoms with van der Waals surface area (Å²) in [6.07, 6.45) is 1.44. The third-order valence-electron chi connectivity index (χ3n) is 4.79. The van der Waals surface area contributed by atoms with Crippen molar-refractivity contribution in [2.45, 2.75) is 12.8 Å². The minimum Gasteiger partial charge on any atom is -0.325 e. The second kappa shape index (κ2) is 6.36. The van der Waals surface area contributed by atoms with Crippen LogP contribution in [0.5, 0.6) is 0 Å². The van der Waals surface area contributed by atoms with Crippen LogP contribution in [0.15, 0.2) is 42.5 Å². The van der Waals surface area contributed by atoms with Crippen molar-refractivity contribution in [3.05, 3.63) is 58.1 Å². The molecule has 2 aliphatic rings. The van der Waals surface area contributed by atoms with Crippen molar-refractivity contribution < 1.29 is 9.59 Å². The number of carbonyl (C=O) groups excluding carboxylic acids is 2. The molecule has 0 spiro atoms. The van der Waals surface area contributed by atoms with Crippen LogP contribution in [0.25, 0.3) is 0 Å². The van der Waals surface area contributed by atoms with Gasteiger partial charge in [-0.25, -0.2) is 0 Å². The van der Waals surface area contributed by atoms with Gasteiger partial charge in [0.15, 0.2) is 0 Å². The van der Waals surface area contributed by atoms with Gasteiger partial charge in [0, 0.05) is 17.3 Å². The molecule has 1 N–H and O–H groups in total. The van der Waals surface area contributed by atoms with Crippen LogP contribution in [0.2, 0.25) is 10.0 Å². The van der Waals surface area contributed by atoms with Gasteiger partial charge < -0.3 is 10.2 Å². The molecule has 1 saturated carbocycles. The van der Waals surface area contributed by atoms with E-state index < -0.39 is 0 Å². The van der Waals surface area contributed by atoms with Gasteiger partial charge in [0.25, 0.3) is 0 Å². The topological polar surface area (TPSA) is 49.4 Å². The molecule has 1 aliphatic heterocycles. The first-order valence-electron chi connectivity index (χ1n) is 8.20.